The number of aromatic nitrogens is 1. The number of anilines is 1. The normalized spacial score (nSPS) is 21.8. The Kier molecular flexibility index (Phi) is 2.86. The predicted molar refractivity (Wildman–Crippen MR) is 58.4 cm³/mol. The first kappa shape index (κ1) is 10.4. The minimum atomic E-state index is -0.244. The van der Waals surface area contributed by atoms with Crippen LogP contribution in [0.4, 0.5) is 10.1 Å². The number of rotatable bonds is 1. The van der Waals surface area contributed by atoms with E-state index in [-0.39, 0.29) is 11.9 Å². The number of nitrogens with two attached hydrogens (primary N) is 1. The second-order valence-corrected chi connectivity index (χ2v) is 4.11. The van der Waals surface area contributed by atoms with E-state index < -0.39 is 0 Å². The smallest absolute Gasteiger partial charge is 0.146 e. The largest absolute Gasteiger partial charge is 0.369 e. The van der Waals surface area contributed by atoms with E-state index in [1.165, 1.54) is 0 Å². The summed E-state index contributed by atoms with van der Waals surface area (Å²) in [6, 6.07) is 1.74. The molecular weight excluding hydrogens is 193 g/mol. The highest BCUT2D eigenvalue weighted by Crippen LogP contribution is 2.20. The van der Waals surface area contributed by atoms with Crippen molar-refractivity contribution >= 4 is 5.69 Å². The molecule has 0 radical (unpaired) electrons. The fourth-order valence-electron chi connectivity index (χ4n) is 1.91. The van der Waals surface area contributed by atoms with Crippen LogP contribution in [-0.4, -0.2) is 24.1 Å². The number of nitrogens with zero attached hydrogens (tertiary/aromatic N) is 2. The fourth-order valence-corrected chi connectivity index (χ4v) is 1.91. The van der Waals surface area contributed by atoms with Crippen LogP contribution in [0.15, 0.2) is 12.3 Å². The zero-order chi connectivity index (χ0) is 10.8. The second-order valence-electron chi connectivity index (χ2n) is 4.11. The lowest BCUT2D eigenvalue weighted by Crippen LogP contribution is -2.42. The Balaban J connectivity index is 2.18. The van der Waals surface area contributed by atoms with E-state index in [1.807, 2.05) is 0 Å². The maximum atomic E-state index is 13.3. The van der Waals surface area contributed by atoms with E-state index in [4.69, 9.17) is 5.73 Å². The van der Waals surface area contributed by atoms with Gasteiger partial charge in [-0.2, -0.15) is 0 Å². The molecule has 1 fully saturated rings. The molecule has 2 rings (SSSR count). The third-order valence-corrected chi connectivity index (χ3v) is 2.83. The molecule has 4 heteroatoms. The van der Waals surface area contributed by atoms with Gasteiger partial charge in [0, 0.05) is 25.2 Å². The van der Waals surface area contributed by atoms with Gasteiger partial charge in [-0.3, -0.25) is 4.98 Å². The number of hydrogen-bond acceptors (Lipinski definition) is 3. The summed E-state index contributed by atoms with van der Waals surface area (Å²) in [5.74, 6) is -0.244. The molecule has 15 heavy (non-hydrogen) atoms. The van der Waals surface area contributed by atoms with Gasteiger partial charge >= 0.3 is 0 Å². The lowest BCUT2D eigenvalue weighted by Gasteiger charge is -2.32. The Hall–Kier alpha value is -1.16. The monoisotopic (exact) mass is 209 g/mol. The van der Waals surface area contributed by atoms with Gasteiger partial charge in [-0.05, 0) is 19.8 Å². The molecule has 1 aromatic rings. The van der Waals surface area contributed by atoms with Gasteiger partial charge in [-0.15, -0.1) is 0 Å². The summed E-state index contributed by atoms with van der Waals surface area (Å²) in [4.78, 5) is 6.12. The predicted octanol–water partition coefficient (Wildman–Crippen LogP) is 1.46. The molecule has 0 amide bonds. The SMILES string of the molecule is Cc1ncc(N2CCCC(N)C2)cc1F. The quantitative estimate of drug-likeness (QED) is 0.761. The molecule has 0 saturated carbocycles. The van der Waals surface area contributed by atoms with Crippen LogP contribution in [0.25, 0.3) is 0 Å². The number of pyridine rings is 1. The molecule has 0 aromatic carbocycles. The average Bonchev–Trinajstić information content (AvgIpc) is 2.22. The molecule has 1 aromatic heterocycles. The first-order valence-corrected chi connectivity index (χ1v) is 5.29. The van der Waals surface area contributed by atoms with Crippen LogP contribution in [0.3, 0.4) is 0 Å². The van der Waals surface area contributed by atoms with Gasteiger partial charge in [0.25, 0.3) is 0 Å². The van der Waals surface area contributed by atoms with Gasteiger partial charge < -0.3 is 10.6 Å². The highest BCUT2D eigenvalue weighted by molar-refractivity contribution is 5.45. The van der Waals surface area contributed by atoms with Gasteiger partial charge in [-0.25, -0.2) is 4.39 Å². The third-order valence-electron chi connectivity index (χ3n) is 2.83. The molecule has 2 heterocycles. The van der Waals surface area contributed by atoms with E-state index in [0.29, 0.717) is 5.69 Å². The van der Waals surface area contributed by atoms with E-state index in [9.17, 15) is 4.39 Å². The zero-order valence-corrected chi connectivity index (χ0v) is 8.91. The molecule has 1 aliphatic rings. The molecule has 2 N–H and O–H groups in total. The van der Waals surface area contributed by atoms with Gasteiger partial charge in [0.05, 0.1) is 17.6 Å². The van der Waals surface area contributed by atoms with Crippen molar-refractivity contribution in [1.82, 2.24) is 4.98 Å². The number of hydrogen-bond donors (Lipinski definition) is 1. The Labute approximate surface area is 89.1 Å². The van der Waals surface area contributed by atoms with E-state index in [2.05, 4.69) is 9.88 Å². The van der Waals surface area contributed by atoms with Crippen LogP contribution in [0.5, 0.6) is 0 Å². The molecule has 3 nitrogen and oxygen atoms in total. The molecule has 1 unspecified atom stereocenters. The minimum absolute atomic E-state index is 0.197. The van der Waals surface area contributed by atoms with Crippen molar-refractivity contribution in [2.24, 2.45) is 5.73 Å². The second kappa shape index (κ2) is 4.14. The van der Waals surface area contributed by atoms with Crippen LogP contribution >= 0.6 is 0 Å². The maximum Gasteiger partial charge on any atom is 0.146 e. The Morgan fingerprint density at radius 3 is 3.07 bits per heavy atom. The summed E-state index contributed by atoms with van der Waals surface area (Å²) in [5.41, 5.74) is 7.16. The van der Waals surface area contributed by atoms with Crippen LogP contribution in [0, 0.1) is 12.7 Å². The average molecular weight is 209 g/mol. The van der Waals surface area contributed by atoms with Crippen LogP contribution < -0.4 is 10.6 Å². The van der Waals surface area contributed by atoms with Gasteiger partial charge in [0.15, 0.2) is 0 Å². The first-order chi connectivity index (χ1) is 7.16. The van der Waals surface area contributed by atoms with Crippen molar-refractivity contribution in [2.45, 2.75) is 25.8 Å². The van der Waals surface area contributed by atoms with Crippen molar-refractivity contribution in [1.29, 1.82) is 0 Å². The van der Waals surface area contributed by atoms with Crippen LogP contribution in [-0.2, 0) is 0 Å². The Morgan fingerprint density at radius 1 is 1.60 bits per heavy atom. The summed E-state index contributed by atoms with van der Waals surface area (Å²) in [6.07, 6.45) is 3.84. The first-order valence-electron chi connectivity index (χ1n) is 5.29. The fraction of sp³-hybridized carbons (Fsp3) is 0.545. The summed E-state index contributed by atoms with van der Waals surface area (Å²) >= 11 is 0. The molecular formula is C11H16FN3. The summed E-state index contributed by atoms with van der Waals surface area (Å²) in [7, 11) is 0. The third kappa shape index (κ3) is 2.26. The van der Waals surface area contributed by atoms with Crippen LogP contribution in [0.1, 0.15) is 18.5 Å². The van der Waals surface area contributed by atoms with Crippen molar-refractivity contribution in [3.05, 3.63) is 23.8 Å². The minimum Gasteiger partial charge on any atom is -0.369 e. The Morgan fingerprint density at radius 2 is 2.40 bits per heavy atom. The molecule has 0 spiro atoms. The van der Waals surface area contributed by atoms with Crippen molar-refractivity contribution in [2.75, 3.05) is 18.0 Å². The highest BCUT2D eigenvalue weighted by atomic mass is 19.1. The van der Waals surface area contributed by atoms with E-state index >= 15 is 0 Å². The maximum absolute atomic E-state index is 13.3. The Bertz CT molecular complexity index is 354. The number of aryl methyl sites for hydroxylation is 1. The van der Waals surface area contributed by atoms with Crippen molar-refractivity contribution in [3.63, 3.8) is 0 Å². The molecule has 1 aliphatic heterocycles. The molecule has 0 aliphatic carbocycles. The molecule has 1 saturated heterocycles. The summed E-state index contributed by atoms with van der Waals surface area (Å²) in [6.45, 7) is 3.41. The van der Waals surface area contributed by atoms with Crippen molar-refractivity contribution in [3.8, 4) is 0 Å². The molecule has 0 bridgehead atoms. The van der Waals surface area contributed by atoms with Crippen LogP contribution in [0.2, 0.25) is 0 Å². The highest BCUT2D eigenvalue weighted by Gasteiger charge is 2.17. The topological polar surface area (TPSA) is 42.2 Å². The van der Waals surface area contributed by atoms with Crippen molar-refractivity contribution < 1.29 is 4.39 Å². The lowest BCUT2D eigenvalue weighted by molar-refractivity contribution is 0.504. The van der Waals surface area contributed by atoms with Gasteiger partial charge in [0.1, 0.15) is 5.82 Å². The standard InChI is InChI=1S/C11H16FN3/c1-8-11(12)5-10(6-14-8)15-4-2-3-9(13)7-15/h5-6,9H,2-4,7,13H2,1H3. The summed E-state index contributed by atoms with van der Waals surface area (Å²) in [5, 5.41) is 0. The van der Waals surface area contributed by atoms with E-state index in [1.54, 1.807) is 19.2 Å². The zero-order valence-electron chi connectivity index (χ0n) is 8.91. The molecule has 1 atom stereocenters. The van der Waals surface area contributed by atoms with Gasteiger partial charge in [-0.1, -0.05) is 0 Å². The molecule has 82 valence electrons. The van der Waals surface area contributed by atoms with Gasteiger partial charge in [0.2, 0.25) is 0 Å². The summed E-state index contributed by atoms with van der Waals surface area (Å²) < 4.78 is 13.3. The number of halogens is 1. The number of piperidine rings is 1. The van der Waals surface area contributed by atoms with E-state index in [0.717, 1.165) is 31.6 Å². The lowest BCUT2D eigenvalue weighted by atomic mass is 10.1.